The summed E-state index contributed by atoms with van der Waals surface area (Å²) in [6.07, 6.45) is 2.46. The second-order valence-electron chi connectivity index (χ2n) is 5.03. The van der Waals surface area contributed by atoms with Gasteiger partial charge in [0.2, 0.25) is 0 Å². The molecule has 1 aromatic carbocycles. The largest absolute Gasteiger partial charge is 0.395 e. The van der Waals surface area contributed by atoms with Crippen LogP contribution in [0.3, 0.4) is 0 Å². The number of aliphatic hydroxyl groups is 1. The smallest absolute Gasteiger partial charge is 0.251 e. The topological polar surface area (TPSA) is 61.4 Å². The van der Waals surface area contributed by atoms with E-state index in [4.69, 9.17) is 5.11 Å². The third kappa shape index (κ3) is 4.15. The third-order valence-corrected chi connectivity index (χ3v) is 4.88. The van der Waals surface area contributed by atoms with Crippen LogP contribution >= 0.6 is 11.8 Å². The van der Waals surface area contributed by atoms with Crippen LogP contribution in [0.4, 0.5) is 5.69 Å². The molecule has 0 spiro atoms. The molecular formula is C15H22N2O2S. The Morgan fingerprint density at radius 3 is 2.80 bits per heavy atom. The average Bonchev–Trinajstić information content (AvgIpc) is 2.48. The lowest BCUT2D eigenvalue weighted by Crippen LogP contribution is -2.32. The Hall–Kier alpha value is -1.20. The summed E-state index contributed by atoms with van der Waals surface area (Å²) in [5.41, 5.74) is 1.68. The molecule has 0 bridgehead atoms. The van der Waals surface area contributed by atoms with E-state index in [2.05, 4.69) is 17.6 Å². The van der Waals surface area contributed by atoms with Crippen LogP contribution in [0.5, 0.6) is 0 Å². The second-order valence-corrected chi connectivity index (χ2v) is 6.51. The molecule has 1 heterocycles. The van der Waals surface area contributed by atoms with Gasteiger partial charge in [0.05, 0.1) is 6.61 Å². The summed E-state index contributed by atoms with van der Waals surface area (Å²) in [5, 5.41) is 15.5. The van der Waals surface area contributed by atoms with Gasteiger partial charge < -0.3 is 15.7 Å². The van der Waals surface area contributed by atoms with E-state index in [0.29, 0.717) is 16.9 Å². The highest BCUT2D eigenvalue weighted by atomic mass is 32.2. The summed E-state index contributed by atoms with van der Waals surface area (Å²) in [5.74, 6) is 1.11. The van der Waals surface area contributed by atoms with Crippen molar-refractivity contribution in [3.05, 3.63) is 29.8 Å². The summed E-state index contributed by atoms with van der Waals surface area (Å²) in [6.45, 7) is 2.51. The average molecular weight is 294 g/mol. The SMILES string of the molecule is CC1SCCCC1Nc1ccc(C(=O)NCCO)cc1. The van der Waals surface area contributed by atoms with Gasteiger partial charge in [-0.3, -0.25) is 4.79 Å². The van der Waals surface area contributed by atoms with Crippen LogP contribution in [0.2, 0.25) is 0 Å². The highest BCUT2D eigenvalue weighted by molar-refractivity contribution is 8.00. The van der Waals surface area contributed by atoms with E-state index in [0.717, 1.165) is 5.69 Å². The van der Waals surface area contributed by atoms with Crippen LogP contribution < -0.4 is 10.6 Å². The number of amides is 1. The molecule has 1 aliphatic rings. The Morgan fingerprint density at radius 1 is 1.40 bits per heavy atom. The molecule has 4 nitrogen and oxygen atoms in total. The van der Waals surface area contributed by atoms with Crippen molar-refractivity contribution in [2.75, 3.05) is 24.2 Å². The van der Waals surface area contributed by atoms with Crippen LogP contribution in [0.25, 0.3) is 0 Å². The number of carbonyl (C=O) groups excluding carboxylic acids is 1. The molecule has 110 valence electrons. The first kappa shape index (κ1) is 15.2. The molecular weight excluding hydrogens is 272 g/mol. The molecule has 1 fully saturated rings. The van der Waals surface area contributed by atoms with Crippen molar-refractivity contribution in [2.45, 2.75) is 31.1 Å². The van der Waals surface area contributed by atoms with Gasteiger partial charge in [0.1, 0.15) is 0 Å². The fourth-order valence-corrected chi connectivity index (χ4v) is 3.46. The number of thioether (sulfide) groups is 1. The third-order valence-electron chi connectivity index (χ3n) is 3.50. The monoisotopic (exact) mass is 294 g/mol. The van der Waals surface area contributed by atoms with Crippen LogP contribution in [0.1, 0.15) is 30.1 Å². The molecule has 0 saturated carbocycles. The lowest BCUT2D eigenvalue weighted by atomic mass is 10.1. The zero-order valence-electron chi connectivity index (χ0n) is 11.8. The van der Waals surface area contributed by atoms with Crippen molar-refractivity contribution < 1.29 is 9.90 Å². The molecule has 2 unspecified atom stereocenters. The van der Waals surface area contributed by atoms with E-state index in [1.165, 1.54) is 18.6 Å². The molecule has 1 amide bonds. The maximum absolute atomic E-state index is 11.7. The van der Waals surface area contributed by atoms with Gasteiger partial charge in [0.15, 0.2) is 0 Å². The van der Waals surface area contributed by atoms with E-state index in [9.17, 15) is 4.79 Å². The standard InChI is InChI=1S/C15H22N2O2S/c1-11-14(3-2-10-20-11)17-13-6-4-12(5-7-13)15(19)16-8-9-18/h4-7,11,14,17-18H,2-3,8-10H2,1H3,(H,16,19). The predicted octanol–water partition coefficient (Wildman–Crippen LogP) is 2.10. The van der Waals surface area contributed by atoms with Gasteiger partial charge >= 0.3 is 0 Å². The normalized spacial score (nSPS) is 22.3. The molecule has 1 aromatic rings. The van der Waals surface area contributed by atoms with Crippen LogP contribution in [0, 0.1) is 0 Å². The van der Waals surface area contributed by atoms with Gasteiger partial charge in [-0.25, -0.2) is 0 Å². The van der Waals surface area contributed by atoms with Crippen LogP contribution in [0.15, 0.2) is 24.3 Å². The molecule has 2 rings (SSSR count). The Bertz CT molecular complexity index is 436. The highest BCUT2D eigenvalue weighted by Gasteiger charge is 2.21. The molecule has 20 heavy (non-hydrogen) atoms. The maximum Gasteiger partial charge on any atom is 0.251 e. The fourth-order valence-electron chi connectivity index (χ4n) is 2.32. The van der Waals surface area contributed by atoms with Gasteiger partial charge in [0.25, 0.3) is 5.91 Å². The van der Waals surface area contributed by atoms with Crippen molar-refractivity contribution in [2.24, 2.45) is 0 Å². The first-order valence-electron chi connectivity index (χ1n) is 7.08. The molecule has 5 heteroatoms. The van der Waals surface area contributed by atoms with Gasteiger partial charge in [-0.15, -0.1) is 0 Å². The molecule has 3 N–H and O–H groups in total. The first-order valence-corrected chi connectivity index (χ1v) is 8.13. The number of nitrogens with one attached hydrogen (secondary N) is 2. The zero-order chi connectivity index (χ0) is 14.4. The van der Waals surface area contributed by atoms with Gasteiger partial charge in [-0.05, 0) is 42.9 Å². The van der Waals surface area contributed by atoms with Gasteiger partial charge in [0, 0.05) is 29.1 Å². The number of hydrogen-bond donors (Lipinski definition) is 3. The number of rotatable bonds is 5. The van der Waals surface area contributed by atoms with E-state index in [-0.39, 0.29) is 19.1 Å². The zero-order valence-corrected chi connectivity index (χ0v) is 12.6. The number of aliphatic hydroxyl groups excluding tert-OH is 1. The maximum atomic E-state index is 11.7. The van der Waals surface area contributed by atoms with Gasteiger partial charge in [-0.2, -0.15) is 11.8 Å². The van der Waals surface area contributed by atoms with E-state index < -0.39 is 0 Å². The van der Waals surface area contributed by atoms with Crippen molar-refractivity contribution in [1.29, 1.82) is 0 Å². The van der Waals surface area contributed by atoms with Crippen LogP contribution in [-0.2, 0) is 0 Å². The minimum absolute atomic E-state index is 0.0391. The molecule has 0 aliphatic carbocycles. The van der Waals surface area contributed by atoms with Crippen molar-refractivity contribution in [3.63, 3.8) is 0 Å². The Labute approximate surface area is 124 Å². The molecule has 2 atom stereocenters. The number of anilines is 1. The van der Waals surface area contributed by atoms with Gasteiger partial charge in [-0.1, -0.05) is 6.92 Å². The minimum atomic E-state index is -0.146. The molecule has 0 radical (unpaired) electrons. The minimum Gasteiger partial charge on any atom is -0.395 e. The molecule has 1 saturated heterocycles. The Balaban J connectivity index is 1.92. The fraction of sp³-hybridized carbons (Fsp3) is 0.533. The summed E-state index contributed by atoms with van der Waals surface area (Å²) >= 11 is 2.01. The highest BCUT2D eigenvalue weighted by Crippen LogP contribution is 2.27. The number of carbonyl (C=O) groups is 1. The van der Waals surface area contributed by atoms with E-state index in [1.54, 1.807) is 0 Å². The molecule has 0 aromatic heterocycles. The Morgan fingerprint density at radius 2 is 2.15 bits per heavy atom. The quantitative estimate of drug-likeness (QED) is 0.778. The summed E-state index contributed by atoms with van der Waals surface area (Å²) in [6, 6.07) is 8.02. The second kappa shape index (κ2) is 7.55. The lowest BCUT2D eigenvalue weighted by Gasteiger charge is -2.30. The summed E-state index contributed by atoms with van der Waals surface area (Å²) in [4.78, 5) is 11.7. The van der Waals surface area contributed by atoms with E-state index in [1.807, 2.05) is 36.0 Å². The molecule has 1 aliphatic heterocycles. The predicted molar refractivity (Wildman–Crippen MR) is 84.4 cm³/mol. The summed E-state index contributed by atoms with van der Waals surface area (Å²) in [7, 11) is 0. The van der Waals surface area contributed by atoms with Crippen molar-refractivity contribution in [1.82, 2.24) is 5.32 Å². The summed E-state index contributed by atoms with van der Waals surface area (Å²) < 4.78 is 0. The van der Waals surface area contributed by atoms with E-state index >= 15 is 0 Å². The number of benzene rings is 1. The van der Waals surface area contributed by atoms with Crippen molar-refractivity contribution in [3.8, 4) is 0 Å². The van der Waals surface area contributed by atoms with Crippen molar-refractivity contribution >= 4 is 23.4 Å². The number of hydrogen-bond acceptors (Lipinski definition) is 4. The Kier molecular flexibility index (Phi) is 5.73. The first-order chi connectivity index (χ1) is 9.70. The van der Waals surface area contributed by atoms with Crippen LogP contribution in [-0.4, -0.2) is 41.2 Å². The lowest BCUT2D eigenvalue weighted by molar-refractivity contribution is 0.0945.